The van der Waals surface area contributed by atoms with E-state index in [2.05, 4.69) is 0 Å². The van der Waals surface area contributed by atoms with Gasteiger partial charge in [0, 0.05) is 37.3 Å². The number of rotatable bonds is 5. The average molecular weight is 379 g/mol. The Labute approximate surface area is 152 Å². The normalized spacial score (nSPS) is 15.2. The molecule has 7 heteroatoms. The largest absolute Gasteiger partial charge is 0.312 e. The van der Waals surface area contributed by atoms with Gasteiger partial charge < -0.3 is 4.90 Å². The molecule has 0 aliphatic carbocycles. The van der Waals surface area contributed by atoms with Crippen LogP contribution < -0.4 is 4.90 Å². The maximum atomic E-state index is 12.7. The van der Waals surface area contributed by atoms with Crippen LogP contribution in [0.2, 0.25) is 5.02 Å². The molecular weight excluding hydrogens is 360 g/mol. The molecule has 2 aromatic carbocycles. The Morgan fingerprint density at radius 2 is 1.72 bits per heavy atom. The van der Waals surface area contributed by atoms with Crippen LogP contribution in [0.25, 0.3) is 0 Å². The molecule has 3 rings (SSSR count). The van der Waals surface area contributed by atoms with Crippen molar-refractivity contribution in [2.75, 3.05) is 18.5 Å². The standard InChI is InChI=1S/C18H19ClN2O3S/c1-20(13-14-4-6-15(19)7-5-14)25(23,24)17-10-8-16(9-11-17)21-12-2-3-18(21)22/h4-11H,2-3,12-13H2,1H3. The van der Waals surface area contributed by atoms with Gasteiger partial charge in [-0.15, -0.1) is 0 Å². The first-order chi connectivity index (χ1) is 11.9. The second-order valence-electron chi connectivity index (χ2n) is 6.03. The quantitative estimate of drug-likeness (QED) is 0.802. The van der Waals surface area contributed by atoms with Gasteiger partial charge in [-0.2, -0.15) is 4.31 Å². The van der Waals surface area contributed by atoms with Crippen molar-refractivity contribution in [3.05, 3.63) is 59.1 Å². The minimum Gasteiger partial charge on any atom is -0.312 e. The van der Waals surface area contributed by atoms with E-state index in [4.69, 9.17) is 11.6 Å². The molecule has 0 unspecified atom stereocenters. The van der Waals surface area contributed by atoms with Gasteiger partial charge in [-0.3, -0.25) is 4.79 Å². The summed E-state index contributed by atoms with van der Waals surface area (Å²) in [5.74, 6) is 0.0791. The molecule has 0 N–H and O–H groups in total. The Balaban J connectivity index is 1.76. The zero-order valence-electron chi connectivity index (χ0n) is 13.9. The van der Waals surface area contributed by atoms with Crippen molar-refractivity contribution < 1.29 is 13.2 Å². The van der Waals surface area contributed by atoms with Crippen LogP contribution >= 0.6 is 11.6 Å². The lowest BCUT2D eigenvalue weighted by molar-refractivity contribution is -0.117. The van der Waals surface area contributed by atoms with Crippen molar-refractivity contribution >= 4 is 33.2 Å². The average Bonchev–Trinajstić information content (AvgIpc) is 3.03. The summed E-state index contributed by atoms with van der Waals surface area (Å²) < 4.78 is 26.7. The van der Waals surface area contributed by atoms with Gasteiger partial charge in [-0.1, -0.05) is 23.7 Å². The first-order valence-corrected chi connectivity index (χ1v) is 9.81. The predicted molar refractivity (Wildman–Crippen MR) is 98.1 cm³/mol. The molecule has 0 saturated carbocycles. The molecule has 1 aliphatic rings. The van der Waals surface area contributed by atoms with Gasteiger partial charge in [-0.05, 0) is 48.4 Å². The number of halogens is 1. The van der Waals surface area contributed by atoms with Gasteiger partial charge in [0.05, 0.1) is 4.90 Å². The molecule has 0 aromatic heterocycles. The van der Waals surface area contributed by atoms with Gasteiger partial charge in [0.2, 0.25) is 15.9 Å². The summed E-state index contributed by atoms with van der Waals surface area (Å²) in [6.45, 7) is 0.938. The molecule has 1 aliphatic heterocycles. The lowest BCUT2D eigenvalue weighted by Gasteiger charge is -2.19. The number of anilines is 1. The highest BCUT2D eigenvalue weighted by Crippen LogP contribution is 2.24. The smallest absolute Gasteiger partial charge is 0.243 e. The number of sulfonamides is 1. The van der Waals surface area contributed by atoms with Gasteiger partial charge in [0.15, 0.2) is 0 Å². The lowest BCUT2D eigenvalue weighted by Crippen LogP contribution is -2.27. The van der Waals surface area contributed by atoms with Crippen LogP contribution in [-0.4, -0.2) is 32.2 Å². The minimum absolute atomic E-state index is 0.0791. The number of hydrogen-bond donors (Lipinski definition) is 0. The SMILES string of the molecule is CN(Cc1ccc(Cl)cc1)S(=O)(=O)c1ccc(N2CCCC2=O)cc1. The summed E-state index contributed by atoms with van der Waals surface area (Å²) in [6, 6.07) is 13.5. The Bertz CT molecular complexity index is 864. The van der Waals surface area contributed by atoms with Gasteiger partial charge in [-0.25, -0.2) is 8.42 Å². The molecule has 2 aromatic rings. The number of benzene rings is 2. The van der Waals surface area contributed by atoms with Crippen molar-refractivity contribution in [3.63, 3.8) is 0 Å². The summed E-state index contributed by atoms with van der Waals surface area (Å²) in [5.41, 5.74) is 1.59. The van der Waals surface area contributed by atoms with E-state index in [1.165, 1.54) is 4.31 Å². The summed E-state index contributed by atoms with van der Waals surface area (Å²) in [6.07, 6.45) is 1.38. The van der Waals surface area contributed by atoms with Crippen LogP contribution in [0.15, 0.2) is 53.4 Å². The fourth-order valence-corrected chi connectivity index (χ4v) is 4.12. The van der Waals surface area contributed by atoms with E-state index in [0.29, 0.717) is 18.0 Å². The van der Waals surface area contributed by atoms with E-state index in [-0.39, 0.29) is 17.3 Å². The Hall–Kier alpha value is -1.89. The fraction of sp³-hybridized carbons (Fsp3) is 0.278. The summed E-state index contributed by atoms with van der Waals surface area (Å²) in [5, 5.41) is 0.612. The molecule has 0 radical (unpaired) electrons. The van der Waals surface area contributed by atoms with Crippen molar-refractivity contribution in [1.29, 1.82) is 0 Å². The van der Waals surface area contributed by atoms with E-state index in [0.717, 1.165) is 17.7 Å². The number of hydrogen-bond acceptors (Lipinski definition) is 3. The van der Waals surface area contributed by atoms with Crippen LogP contribution in [0.3, 0.4) is 0 Å². The third kappa shape index (κ3) is 3.86. The summed E-state index contributed by atoms with van der Waals surface area (Å²) in [7, 11) is -2.06. The molecule has 1 fully saturated rings. The molecule has 0 atom stereocenters. The van der Waals surface area contributed by atoms with Crippen molar-refractivity contribution in [1.82, 2.24) is 4.31 Å². The number of nitrogens with zero attached hydrogens (tertiary/aromatic N) is 2. The van der Waals surface area contributed by atoms with Gasteiger partial charge in [0.1, 0.15) is 0 Å². The second kappa shape index (κ2) is 7.15. The second-order valence-corrected chi connectivity index (χ2v) is 8.51. The van der Waals surface area contributed by atoms with Gasteiger partial charge in [0.25, 0.3) is 0 Å². The highest BCUT2D eigenvalue weighted by Gasteiger charge is 2.24. The zero-order valence-corrected chi connectivity index (χ0v) is 15.4. The van der Waals surface area contributed by atoms with Crippen molar-refractivity contribution in [2.45, 2.75) is 24.3 Å². The van der Waals surface area contributed by atoms with Crippen LogP contribution in [0, 0.1) is 0 Å². The monoisotopic (exact) mass is 378 g/mol. The Morgan fingerprint density at radius 1 is 1.08 bits per heavy atom. The Kier molecular flexibility index (Phi) is 5.13. The molecule has 0 bridgehead atoms. The summed E-state index contributed by atoms with van der Waals surface area (Å²) in [4.78, 5) is 13.7. The third-order valence-electron chi connectivity index (χ3n) is 4.25. The van der Waals surface area contributed by atoms with Crippen LogP contribution in [0.4, 0.5) is 5.69 Å². The Morgan fingerprint density at radius 3 is 2.28 bits per heavy atom. The van der Waals surface area contributed by atoms with E-state index in [1.807, 2.05) is 0 Å². The van der Waals surface area contributed by atoms with Crippen molar-refractivity contribution in [3.8, 4) is 0 Å². The van der Waals surface area contributed by atoms with E-state index in [9.17, 15) is 13.2 Å². The predicted octanol–water partition coefficient (Wildman–Crippen LogP) is 3.29. The molecule has 1 amide bonds. The molecule has 1 heterocycles. The fourth-order valence-electron chi connectivity index (χ4n) is 2.83. The first-order valence-electron chi connectivity index (χ1n) is 7.99. The van der Waals surface area contributed by atoms with Crippen LogP contribution in [0.5, 0.6) is 0 Å². The summed E-state index contributed by atoms with van der Waals surface area (Å²) >= 11 is 5.85. The molecule has 0 spiro atoms. The molecule has 25 heavy (non-hydrogen) atoms. The minimum atomic E-state index is -3.60. The molecule has 1 saturated heterocycles. The van der Waals surface area contributed by atoms with Crippen LogP contribution in [-0.2, 0) is 21.4 Å². The van der Waals surface area contributed by atoms with E-state index in [1.54, 1.807) is 60.5 Å². The number of amides is 1. The third-order valence-corrected chi connectivity index (χ3v) is 6.32. The number of carbonyl (C=O) groups excluding carboxylic acids is 1. The van der Waals surface area contributed by atoms with E-state index < -0.39 is 10.0 Å². The van der Waals surface area contributed by atoms with E-state index >= 15 is 0 Å². The maximum Gasteiger partial charge on any atom is 0.243 e. The highest BCUT2D eigenvalue weighted by molar-refractivity contribution is 7.89. The molecule has 132 valence electrons. The highest BCUT2D eigenvalue weighted by atomic mass is 35.5. The number of carbonyl (C=O) groups is 1. The van der Waals surface area contributed by atoms with Crippen LogP contribution in [0.1, 0.15) is 18.4 Å². The topological polar surface area (TPSA) is 57.7 Å². The van der Waals surface area contributed by atoms with Gasteiger partial charge >= 0.3 is 0 Å². The lowest BCUT2D eigenvalue weighted by atomic mass is 10.2. The maximum absolute atomic E-state index is 12.7. The van der Waals surface area contributed by atoms with Crippen molar-refractivity contribution in [2.24, 2.45) is 0 Å². The first kappa shape index (κ1) is 17.9. The molecule has 5 nitrogen and oxygen atoms in total. The molecular formula is C18H19ClN2O3S. The zero-order chi connectivity index (χ0) is 18.0.